The largest absolute Gasteiger partial charge is 0.381 e. The number of para-hydroxylation sites is 1. The molecule has 5 rings (SSSR count). The molecular formula is C30H30N8O3. The van der Waals surface area contributed by atoms with Crippen LogP contribution in [0.2, 0.25) is 0 Å². The fourth-order valence-electron chi connectivity index (χ4n) is 4.92. The smallest absolute Gasteiger partial charge is 0.263 e. The minimum absolute atomic E-state index is 0.0350. The second-order valence-corrected chi connectivity index (χ2v) is 9.61. The second-order valence-electron chi connectivity index (χ2n) is 9.61. The van der Waals surface area contributed by atoms with Gasteiger partial charge in [-0.1, -0.05) is 42.5 Å². The number of carbonyl (C=O) groups is 2. The number of fused-ring (bicyclic) bond motifs is 1. The first kappa shape index (κ1) is 27.1. The molecule has 0 spiro atoms. The van der Waals surface area contributed by atoms with Crippen LogP contribution in [0.5, 0.6) is 0 Å². The van der Waals surface area contributed by atoms with Gasteiger partial charge in [-0.05, 0) is 36.1 Å². The van der Waals surface area contributed by atoms with Gasteiger partial charge >= 0.3 is 0 Å². The molecule has 41 heavy (non-hydrogen) atoms. The highest BCUT2D eigenvalue weighted by molar-refractivity contribution is 6.03. The average Bonchev–Trinajstić information content (AvgIpc) is 3.60. The SMILES string of the molecule is C=CCNc1c(C(=O)NC(C)c2cc3cccc(CC(=O)c4cn[nH]c4)c3c(=O)n2-c2ccccc2)c(N)nn1C. The molecule has 11 nitrogen and oxygen atoms in total. The molecule has 5 aromatic rings. The Morgan fingerprint density at radius 1 is 1.17 bits per heavy atom. The van der Waals surface area contributed by atoms with Gasteiger partial charge in [-0.2, -0.15) is 10.2 Å². The fraction of sp³-hybridized carbons (Fsp3) is 0.167. The number of amides is 1. The maximum absolute atomic E-state index is 14.2. The minimum Gasteiger partial charge on any atom is -0.381 e. The number of benzene rings is 2. The highest BCUT2D eigenvalue weighted by Gasteiger charge is 2.25. The predicted molar refractivity (Wildman–Crippen MR) is 158 cm³/mol. The van der Waals surface area contributed by atoms with Crippen molar-refractivity contribution in [3.05, 3.63) is 112 Å². The fourth-order valence-corrected chi connectivity index (χ4v) is 4.92. The Kier molecular flexibility index (Phi) is 7.51. The van der Waals surface area contributed by atoms with Crippen LogP contribution in [0, 0.1) is 0 Å². The molecule has 0 aliphatic carbocycles. The standard InChI is InChI=1S/C30H30N8O3/c1-4-13-32-28-26(27(31)36-37(28)3)29(40)35-18(2)23-14-19-9-8-10-20(15-24(39)21-16-33-34-17-21)25(19)30(41)38(23)22-11-6-5-7-12-22/h4-12,14,16-18,32H,1,13,15H2,2-3H3,(H2,31,36)(H,33,34)(H,35,40). The number of hydrogen-bond donors (Lipinski definition) is 4. The summed E-state index contributed by atoms with van der Waals surface area (Å²) in [5, 5.41) is 17.9. The molecule has 11 heteroatoms. The number of ketones is 1. The first-order valence-electron chi connectivity index (χ1n) is 13.0. The van der Waals surface area contributed by atoms with Crippen LogP contribution >= 0.6 is 0 Å². The first-order valence-corrected chi connectivity index (χ1v) is 13.0. The summed E-state index contributed by atoms with van der Waals surface area (Å²) in [6.07, 6.45) is 4.70. The molecule has 5 N–H and O–H groups in total. The van der Waals surface area contributed by atoms with E-state index < -0.39 is 11.9 Å². The average molecular weight is 551 g/mol. The molecule has 0 radical (unpaired) electrons. The third kappa shape index (κ3) is 5.24. The number of hydrogen-bond acceptors (Lipinski definition) is 7. The van der Waals surface area contributed by atoms with Gasteiger partial charge in [0, 0.05) is 37.6 Å². The van der Waals surface area contributed by atoms with E-state index >= 15 is 0 Å². The van der Waals surface area contributed by atoms with Crippen LogP contribution < -0.4 is 21.9 Å². The molecule has 1 atom stereocenters. The number of aromatic amines is 1. The molecule has 0 saturated carbocycles. The van der Waals surface area contributed by atoms with Crippen LogP contribution in [-0.4, -0.2) is 42.8 Å². The van der Waals surface area contributed by atoms with Gasteiger partial charge < -0.3 is 16.4 Å². The van der Waals surface area contributed by atoms with Crippen LogP contribution in [-0.2, 0) is 13.5 Å². The number of nitrogens with zero attached hydrogens (tertiary/aromatic N) is 4. The van der Waals surface area contributed by atoms with Crippen molar-refractivity contribution < 1.29 is 9.59 Å². The van der Waals surface area contributed by atoms with Crippen molar-refractivity contribution in [1.82, 2.24) is 29.9 Å². The van der Waals surface area contributed by atoms with Crippen molar-refractivity contribution in [3.63, 3.8) is 0 Å². The summed E-state index contributed by atoms with van der Waals surface area (Å²) in [4.78, 5) is 40.6. The van der Waals surface area contributed by atoms with Crippen molar-refractivity contribution in [2.45, 2.75) is 19.4 Å². The summed E-state index contributed by atoms with van der Waals surface area (Å²) < 4.78 is 3.07. The Labute approximate surface area is 235 Å². The predicted octanol–water partition coefficient (Wildman–Crippen LogP) is 3.54. The van der Waals surface area contributed by atoms with Gasteiger partial charge in [-0.3, -0.25) is 28.7 Å². The molecule has 208 valence electrons. The lowest BCUT2D eigenvalue weighted by Crippen LogP contribution is -2.33. The molecule has 2 aromatic carbocycles. The molecule has 0 fully saturated rings. The van der Waals surface area contributed by atoms with E-state index in [1.165, 1.54) is 17.1 Å². The lowest BCUT2D eigenvalue weighted by molar-refractivity contribution is 0.0939. The number of aryl methyl sites for hydroxylation is 1. The molecule has 0 bridgehead atoms. The number of nitrogen functional groups attached to an aromatic ring is 1. The number of carbonyl (C=O) groups excluding carboxylic acids is 2. The van der Waals surface area contributed by atoms with Crippen molar-refractivity contribution >= 4 is 34.1 Å². The molecule has 3 heterocycles. The van der Waals surface area contributed by atoms with Crippen LogP contribution in [0.4, 0.5) is 11.6 Å². The van der Waals surface area contributed by atoms with Crippen LogP contribution in [0.15, 0.2) is 84.4 Å². The Morgan fingerprint density at radius 3 is 2.66 bits per heavy atom. The zero-order valence-corrected chi connectivity index (χ0v) is 22.7. The van der Waals surface area contributed by atoms with Crippen LogP contribution in [0.3, 0.4) is 0 Å². The normalized spacial score (nSPS) is 11.8. The molecule has 0 saturated heterocycles. The van der Waals surface area contributed by atoms with E-state index in [0.29, 0.717) is 45.6 Å². The summed E-state index contributed by atoms with van der Waals surface area (Å²) in [5.41, 5.74) is 8.23. The van der Waals surface area contributed by atoms with Gasteiger partial charge in [-0.15, -0.1) is 6.58 Å². The lowest BCUT2D eigenvalue weighted by atomic mass is 9.98. The van der Waals surface area contributed by atoms with E-state index in [1.54, 1.807) is 30.7 Å². The van der Waals surface area contributed by atoms with Crippen molar-refractivity contribution in [1.29, 1.82) is 0 Å². The maximum Gasteiger partial charge on any atom is 0.263 e. The Balaban J connectivity index is 1.59. The van der Waals surface area contributed by atoms with Gasteiger partial charge in [0.2, 0.25) is 0 Å². The van der Waals surface area contributed by atoms with Gasteiger partial charge in [-0.25, -0.2) is 0 Å². The number of aromatic nitrogens is 5. The molecule has 1 unspecified atom stereocenters. The Hall–Kier alpha value is -5.45. The second kappa shape index (κ2) is 11.3. The number of pyridine rings is 1. The highest BCUT2D eigenvalue weighted by atomic mass is 16.2. The number of anilines is 2. The van der Waals surface area contributed by atoms with Gasteiger partial charge in [0.25, 0.3) is 11.5 Å². The van der Waals surface area contributed by atoms with E-state index in [1.807, 2.05) is 48.5 Å². The van der Waals surface area contributed by atoms with Crippen molar-refractivity contribution in [3.8, 4) is 5.69 Å². The summed E-state index contributed by atoms with van der Waals surface area (Å²) >= 11 is 0. The molecular weight excluding hydrogens is 520 g/mol. The van der Waals surface area contributed by atoms with Crippen molar-refractivity contribution in [2.75, 3.05) is 17.6 Å². The third-order valence-corrected chi connectivity index (χ3v) is 6.85. The van der Waals surface area contributed by atoms with E-state index in [4.69, 9.17) is 5.73 Å². The molecule has 1 amide bonds. The van der Waals surface area contributed by atoms with Crippen LogP contribution in [0.25, 0.3) is 16.5 Å². The van der Waals surface area contributed by atoms with E-state index in [2.05, 4.69) is 32.5 Å². The number of Topliss-reactive ketones (excluding diaryl/α,β-unsaturated/α-hetero) is 1. The first-order chi connectivity index (χ1) is 19.8. The molecule has 0 aliphatic heterocycles. The number of rotatable bonds is 10. The third-order valence-electron chi connectivity index (χ3n) is 6.85. The van der Waals surface area contributed by atoms with E-state index in [-0.39, 0.29) is 29.1 Å². The zero-order chi connectivity index (χ0) is 29.1. The summed E-state index contributed by atoms with van der Waals surface area (Å²) in [6, 6.07) is 15.8. The van der Waals surface area contributed by atoms with Gasteiger partial charge in [0.1, 0.15) is 11.4 Å². The quantitative estimate of drug-likeness (QED) is 0.153. The summed E-state index contributed by atoms with van der Waals surface area (Å²) in [7, 11) is 1.69. The Morgan fingerprint density at radius 2 is 1.95 bits per heavy atom. The number of nitrogens with one attached hydrogen (secondary N) is 3. The highest BCUT2D eigenvalue weighted by Crippen LogP contribution is 2.26. The van der Waals surface area contributed by atoms with Gasteiger partial charge in [0.05, 0.1) is 23.2 Å². The lowest BCUT2D eigenvalue weighted by Gasteiger charge is -2.22. The number of H-pyrrole nitrogens is 1. The van der Waals surface area contributed by atoms with E-state index in [9.17, 15) is 14.4 Å². The summed E-state index contributed by atoms with van der Waals surface area (Å²) in [6.45, 7) is 5.92. The Bertz CT molecular complexity index is 1800. The van der Waals surface area contributed by atoms with Crippen LogP contribution in [0.1, 0.15) is 44.9 Å². The molecule has 3 aromatic heterocycles. The van der Waals surface area contributed by atoms with Gasteiger partial charge in [0.15, 0.2) is 11.6 Å². The minimum atomic E-state index is -0.608. The molecule has 0 aliphatic rings. The van der Waals surface area contributed by atoms with Crippen molar-refractivity contribution in [2.24, 2.45) is 7.05 Å². The monoisotopic (exact) mass is 550 g/mol. The number of nitrogens with two attached hydrogens (primary N) is 1. The summed E-state index contributed by atoms with van der Waals surface area (Å²) in [5.74, 6) is -0.0644. The maximum atomic E-state index is 14.2. The van der Waals surface area contributed by atoms with E-state index in [0.717, 1.165) is 0 Å². The zero-order valence-electron chi connectivity index (χ0n) is 22.7. The topological polar surface area (TPSA) is 153 Å².